The minimum Gasteiger partial charge on any atom is -0.484 e. The number of allylic oxidation sites excluding steroid dienone is 3. The van der Waals surface area contributed by atoms with E-state index in [1.165, 1.54) is 34.9 Å². The van der Waals surface area contributed by atoms with Crippen LogP contribution in [0.5, 0.6) is 11.8 Å². The molecule has 0 aliphatic rings. The van der Waals surface area contributed by atoms with E-state index in [1.807, 2.05) is 13.8 Å². The molecule has 0 unspecified atom stereocenters. The molecule has 0 saturated heterocycles. The second kappa shape index (κ2) is 9.45. The summed E-state index contributed by atoms with van der Waals surface area (Å²) >= 11 is 0. The Morgan fingerprint density at radius 3 is 2.45 bits per heavy atom. The summed E-state index contributed by atoms with van der Waals surface area (Å²) in [5, 5.41) is 0. The van der Waals surface area contributed by atoms with Gasteiger partial charge < -0.3 is 9.47 Å². The zero-order valence-electron chi connectivity index (χ0n) is 16.5. The van der Waals surface area contributed by atoms with Gasteiger partial charge >= 0.3 is 12.2 Å². The van der Waals surface area contributed by atoms with Gasteiger partial charge in [0.25, 0.3) is 5.56 Å². The van der Waals surface area contributed by atoms with Gasteiger partial charge in [0.2, 0.25) is 0 Å². The third-order valence-electron chi connectivity index (χ3n) is 3.70. The lowest BCUT2D eigenvalue weighted by Crippen LogP contribution is -2.23. The van der Waals surface area contributed by atoms with Crippen LogP contribution < -0.4 is 15.0 Å². The summed E-state index contributed by atoms with van der Waals surface area (Å²) in [6, 6.07) is 7.13. The third-order valence-corrected chi connectivity index (χ3v) is 3.70. The minimum absolute atomic E-state index is 0.0399. The average Bonchev–Trinajstić information content (AvgIpc) is 2.64. The smallest absolute Gasteiger partial charge is 0.422 e. The molecule has 0 bridgehead atoms. The van der Waals surface area contributed by atoms with E-state index in [0.29, 0.717) is 18.0 Å². The van der Waals surface area contributed by atoms with Crippen molar-refractivity contribution in [1.82, 2.24) is 9.55 Å². The minimum atomic E-state index is -4.43. The zero-order chi connectivity index (χ0) is 21.6. The number of ether oxygens (including phenoxy) is 2. The summed E-state index contributed by atoms with van der Waals surface area (Å²) in [5.74, 6) is 0.241. The van der Waals surface area contributed by atoms with Crippen LogP contribution in [-0.4, -0.2) is 28.9 Å². The molecule has 0 aliphatic heterocycles. The number of alkyl halides is 3. The predicted octanol–water partition coefficient (Wildman–Crippen LogP) is 4.80. The molecule has 1 aromatic heterocycles. The van der Waals surface area contributed by atoms with Crippen LogP contribution in [0.15, 0.2) is 53.9 Å². The third kappa shape index (κ3) is 6.51. The van der Waals surface area contributed by atoms with Crippen LogP contribution in [0.3, 0.4) is 0 Å². The predicted molar refractivity (Wildman–Crippen MR) is 106 cm³/mol. The Morgan fingerprint density at radius 2 is 1.90 bits per heavy atom. The van der Waals surface area contributed by atoms with Gasteiger partial charge in [-0.2, -0.15) is 18.2 Å². The number of hydrogen-bond donors (Lipinski definition) is 0. The molecule has 29 heavy (non-hydrogen) atoms. The van der Waals surface area contributed by atoms with Gasteiger partial charge in [0.15, 0.2) is 6.61 Å². The normalized spacial score (nSPS) is 12.2. The van der Waals surface area contributed by atoms with Gasteiger partial charge in [0, 0.05) is 6.07 Å². The number of benzene rings is 1. The van der Waals surface area contributed by atoms with Gasteiger partial charge in [-0.3, -0.25) is 4.79 Å². The summed E-state index contributed by atoms with van der Waals surface area (Å²) in [4.78, 5) is 17.2. The number of rotatable bonds is 8. The molecule has 1 aromatic carbocycles. The Bertz CT molecular complexity index is 930. The summed E-state index contributed by atoms with van der Waals surface area (Å²) < 4.78 is 48.6. The number of nitrogens with zero attached hydrogens (tertiary/aromatic N) is 2. The fraction of sp³-hybridized carbons (Fsp3) is 0.333. The van der Waals surface area contributed by atoms with Crippen LogP contribution in [0, 0.1) is 5.92 Å². The molecule has 0 radical (unpaired) electrons. The quantitative estimate of drug-likeness (QED) is 0.589. The maximum absolute atomic E-state index is 12.8. The van der Waals surface area contributed by atoms with Crippen LogP contribution in [0.4, 0.5) is 13.2 Å². The maximum Gasteiger partial charge on any atom is 0.422 e. The molecule has 1 heterocycles. The summed E-state index contributed by atoms with van der Waals surface area (Å²) in [6.07, 6.45) is -1.11. The van der Waals surface area contributed by atoms with E-state index in [0.717, 1.165) is 5.57 Å². The molecule has 0 spiro atoms. The lowest BCUT2D eigenvalue weighted by atomic mass is 10.2. The lowest BCUT2D eigenvalue weighted by molar-refractivity contribution is -0.153. The van der Waals surface area contributed by atoms with E-state index in [4.69, 9.17) is 9.47 Å². The van der Waals surface area contributed by atoms with Crippen molar-refractivity contribution >= 4 is 5.57 Å². The topological polar surface area (TPSA) is 53.4 Å². The van der Waals surface area contributed by atoms with Crippen molar-refractivity contribution in [2.24, 2.45) is 5.92 Å². The van der Waals surface area contributed by atoms with E-state index in [1.54, 1.807) is 19.1 Å². The molecule has 156 valence electrons. The molecule has 0 atom stereocenters. The van der Waals surface area contributed by atoms with Crippen molar-refractivity contribution in [2.75, 3.05) is 13.2 Å². The molecule has 8 heteroatoms. The summed E-state index contributed by atoms with van der Waals surface area (Å²) in [7, 11) is 0. The van der Waals surface area contributed by atoms with E-state index in [-0.39, 0.29) is 23.2 Å². The van der Waals surface area contributed by atoms with Gasteiger partial charge in [-0.05, 0) is 42.7 Å². The first-order chi connectivity index (χ1) is 13.6. The van der Waals surface area contributed by atoms with Crippen LogP contribution in [0.1, 0.15) is 26.5 Å². The van der Waals surface area contributed by atoms with Crippen LogP contribution >= 0.6 is 0 Å². The van der Waals surface area contributed by atoms with Gasteiger partial charge in [0.1, 0.15) is 5.75 Å². The fourth-order valence-electron chi connectivity index (χ4n) is 2.36. The van der Waals surface area contributed by atoms with E-state index in [9.17, 15) is 18.0 Å². The van der Waals surface area contributed by atoms with E-state index < -0.39 is 12.8 Å². The van der Waals surface area contributed by atoms with Crippen molar-refractivity contribution < 1.29 is 22.6 Å². The molecule has 0 N–H and O–H groups in total. The molecular weight excluding hydrogens is 385 g/mol. The Balaban J connectivity index is 2.43. The first-order valence-corrected chi connectivity index (χ1v) is 8.97. The molecule has 5 nitrogen and oxygen atoms in total. The highest BCUT2D eigenvalue weighted by Gasteiger charge is 2.28. The Hall–Kier alpha value is -3.03. The average molecular weight is 408 g/mol. The standard InChI is InChI=1S/C21H23F3N2O3/c1-5-6-15(4)18-11-19(27)26(20(25-18)28-12-14(2)3)16-7-9-17(10-8-16)29-13-21(22,23)24/h5-11,14H,1,12-13H2,2-4H3/b15-6+. The van der Waals surface area contributed by atoms with Gasteiger partial charge in [0.05, 0.1) is 18.0 Å². The largest absolute Gasteiger partial charge is 0.484 e. The van der Waals surface area contributed by atoms with Gasteiger partial charge in [-0.25, -0.2) is 4.57 Å². The van der Waals surface area contributed by atoms with Crippen LogP contribution in [0.2, 0.25) is 0 Å². The molecule has 0 amide bonds. The van der Waals surface area contributed by atoms with Gasteiger partial charge in [-0.1, -0.05) is 32.6 Å². The van der Waals surface area contributed by atoms with Crippen molar-refractivity contribution in [2.45, 2.75) is 26.9 Å². The monoisotopic (exact) mass is 408 g/mol. The Morgan fingerprint density at radius 1 is 1.24 bits per heavy atom. The molecule has 2 aromatic rings. The highest BCUT2D eigenvalue weighted by molar-refractivity contribution is 5.62. The summed E-state index contributed by atoms with van der Waals surface area (Å²) in [6.45, 7) is 8.30. The van der Waals surface area contributed by atoms with E-state index >= 15 is 0 Å². The molecule has 0 fully saturated rings. The fourth-order valence-corrected chi connectivity index (χ4v) is 2.36. The first kappa shape index (κ1) is 22.3. The second-order valence-corrected chi connectivity index (χ2v) is 6.79. The number of aromatic nitrogens is 2. The molecular formula is C21H23F3N2O3. The van der Waals surface area contributed by atoms with Crippen LogP contribution in [0.25, 0.3) is 11.3 Å². The Labute approximate surface area is 167 Å². The van der Waals surface area contributed by atoms with Crippen molar-refractivity contribution in [3.63, 3.8) is 0 Å². The SMILES string of the molecule is C=C/C=C(\C)c1cc(=O)n(-c2ccc(OCC(F)(F)F)cc2)c(OCC(C)C)n1. The molecule has 0 aliphatic carbocycles. The number of halogens is 3. The first-order valence-electron chi connectivity index (χ1n) is 8.97. The highest BCUT2D eigenvalue weighted by atomic mass is 19.4. The maximum atomic E-state index is 12.8. The molecule has 0 saturated carbocycles. The number of hydrogen-bond acceptors (Lipinski definition) is 4. The van der Waals surface area contributed by atoms with Crippen molar-refractivity contribution in [3.8, 4) is 17.4 Å². The van der Waals surface area contributed by atoms with E-state index in [2.05, 4.69) is 11.6 Å². The van der Waals surface area contributed by atoms with Crippen LogP contribution in [-0.2, 0) is 0 Å². The molecule has 2 rings (SSSR count). The van der Waals surface area contributed by atoms with Crippen molar-refractivity contribution in [3.05, 3.63) is 65.1 Å². The highest BCUT2D eigenvalue weighted by Crippen LogP contribution is 2.22. The zero-order valence-corrected chi connectivity index (χ0v) is 16.5. The second-order valence-electron chi connectivity index (χ2n) is 6.79. The van der Waals surface area contributed by atoms with Gasteiger partial charge in [-0.15, -0.1) is 0 Å². The lowest BCUT2D eigenvalue weighted by Gasteiger charge is -2.16. The van der Waals surface area contributed by atoms with Crippen molar-refractivity contribution in [1.29, 1.82) is 0 Å². The summed E-state index contributed by atoms with van der Waals surface area (Å²) in [5.41, 5.74) is 1.22. The Kier molecular flexibility index (Phi) is 7.25.